The Balaban J connectivity index is 1.76. The molecule has 0 bridgehead atoms. The molecule has 3 unspecified atom stereocenters. The van der Waals surface area contributed by atoms with Crippen molar-refractivity contribution in [1.82, 2.24) is 5.32 Å². The van der Waals surface area contributed by atoms with Gasteiger partial charge in [-0.1, -0.05) is 67.1 Å². The largest absolute Gasteiger partial charge is 0.342 e. The van der Waals surface area contributed by atoms with E-state index in [9.17, 15) is 9.59 Å². The Morgan fingerprint density at radius 3 is 2.22 bits per heavy atom. The van der Waals surface area contributed by atoms with E-state index in [4.69, 9.17) is 0 Å². The van der Waals surface area contributed by atoms with E-state index >= 15 is 0 Å². The van der Waals surface area contributed by atoms with Gasteiger partial charge < -0.3 is 5.32 Å². The smallest absolute Gasteiger partial charge is 0.292 e. The van der Waals surface area contributed by atoms with Crippen LogP contribution < -0.4 is 5.32 Å². The summed E-state index contributed by atoms with van der Waals surface area (Å²) in [6.45, 7) is 4.13. The van der Waals surface area contributed by atoms with Gasteiger partial charge in [-0.15, -0.1) is 0 Å². The lowest BCUT2D eigenvalue weighted by molar-refractivity contribution is -0.117. The Morgan fingerprint density at radius 2 is 1.65 bits per heavy atom. The molecule has 0 spiro atoms. The standard InChI is InChI=1S/C20H21NO2/c1-13-8-10-16(11-9-13)19(22)20(23)21-18(17-12-14(17)2)15-6-4-3-5-7-15/h3-11,14,17-18H,12H2,1-2H3,(H,21,23). The molecule has 1 N–H and O–H groups in total. The van der Waals surface area contributed by atoms with Crippen molar-refractivity contribution in [2.24, 2.45) is 11.8 Å². The lowest BCUT2D eigenvalue weighted by Gasteiger charge is -2.19. The first-order valence-corrected chi connectivity index (χ1v) is 8.03. The second-order valence-corrected chi connectivity index (χ2v) is 6.43. The predicted octanol–water partition coefficient (Wildman–Crippen LogP) is 3.69. The average molecular weight is 307 g/mol. The van der Waals surface area contributed by atoms with Crippen LogP contribution in [0.2, 0.25) is 0 Å². The van der Waals surface area contributed by atoms with Crippen molar-refractivity contribution in [2.75, 3.05) is 0 Å². The molecule has 1 aliphatic carbocycles. The monoisotopic (exact) mass is 307 g/mol. The highest BCUT2D eigenvalue weighted by Crippen LogP contribution is 2.46. The number of hydrogen-bond acceptors (Lipinski definition) is 2. The van der Waals surface area contributed by atoms with Crippen molar-refractivity contribution in [2.45, 2.75) is 26.3 Å². The minimum atomic E-state index is -0.526. The molecule has 118 valence electrons. The second kappa shape index (κ2) is 6.37. The second-order valence-electron chi connectivity index (χ2n) is 6.43. The molecule has 0 saturated heterocycles. The lowest BCUT2D eigenvalue weighted by atomic mass is 10.00. The summed E-state index contributed by atoms with van der Waals surface area (Å²) in [6, 6.07) is 16.9. The molecule has 0 heterocycles. The topological polar surface area (TPSA) is 46.2 Å². The van der Waals surface area contributed by atoms with Crippen LogP contribution in [0.3, 0.4) is 0 Å². The van der Waals surface area contributed by atoms with E-state index in [0.29, 0.717) is 17.4 Å². The summed E-state index contributed by atoms with van der Waals surface area (Å²) in [5, 5.41) is 2.95. The van der Waals surface area contributed by atoms with Crippen molar-refractivity contribution in [1.29, 1.82) is 0 Å². The highest BCUT2D eigenvalue weighted by Gasteiger charge is 2.41. The van der Waals surface area contributed by atoms with Crippen molar-refractivity contribution in [3.8, 4) is 0 Å². The first-order valence-electron chi connectivity index (χ1n) is 8.03. The fraction of sp³-hybridized carbons (Fsp3) is 0.300. The third kappa shape index (κ3) is 3.50. The van der Waals surface area contributed by atoms with E-state index in [1.807, 2.05) is 49.4 Å². The highest BCUT2D eigenvalue weighted by molar-refractivity contribution is 6.42. The van der Waals surface area contributed by atoms with Gasteiger partial charge in [0.1, 0.15) is 0 Å². The number of hydrogen-bond donors (Lipinski definition) is 1. The number of Topliss-reactive ketones (excluding diaryl/α,β-unsaturated/α-hetero) is 1. The van der Waals surface area contributed by atoms with Crippen LogP contribution in [0.1, 0.15) is 40.9 Å². The number of carbonyl (C=O) groups excluding carboxylic acids is 2. The summed E-state index contributed by atoms with van der Waals surface area (Å²) in [5.74, 6) is -0.0109. The molecule has 1 saturated carbocycles. The molecule has 3 atom stereocenters. The maximum absolute atomic E-state index is 12.4. The minimum absolute atomic E-state index is 0.0897. The maximum Gasteiger partial charge on any atom is 0.292 e. The summed E-state index contributed by atoms with van der Waals surface area (Å²) >= 11 is 0. The number of nitrogens with one attached hydrogen (secondary N) is 1. The van der Waals surface area contributed by atoms with Crippen LogP contribution >= 0.6 is 0 Å². The average Bonchev–Trinajstić information content (AvgIpc) is 3.29. The van der Waals surface area contributed by atoms with Crippen molar-refractivity contribution in [3.05, 3.63) is 71.3 Å². The molecule has 3 nitrogen and oxygen atoms in total. The van der Waals surface area contributed by atoms with E-state index in [-0.39, 0.29) is 6.04 Å². The number of aryl methyl sites for hydroxylation is 1. The fourth-order valence-corrected chi connectivity index (χ4v) is 2.96. The summed E-state index contributed by atoms with van der Waals surface area (Å²) in [6.07, 6.45) is 1.08. The molecule has 0 aromatic heterocycles. The Kier molecular flexibility index (Phi) is 4.28. The molecule has 1 fully saturated rings. The molecule has 0 aliphatic heterocycles. The van der Waals surface area contributed by atoms with Crippen LogP contribution in [-0.2, 0) is 4.79 Å². The zero-order valence-corrected chi connectivity index (χ0v) is 13.5. The minimum Gasteiger partial charge on any atom is -0.342 e. The van der Waals surface area contributed by atoms with E-state index in [1.165, 1.54) is 0 Å². The van der Waals surface area contributed by atoms with Crippen LogP contribution in [0.4, 0.5) is 0 Å². The molecule has 1 amide bonds. The van der Waals surface area contributed by atoms with Gasteiger partial charge in [0.2, 0.25) is 5.78 Å². The van der Waals surface area contributed by atoms with Crippen LogP contribution in [0.5, 0.6) is 0 Å². The van der Waals surface area contributed by atoms with Gasteiger partial charge in [0.25, 0.3) is 5.91 Å². The predicted molar refractivity (Wildman–Crippen MR) is 90.1 cm³/mol. The molecule has 3 heteroatoms. The van der Waals surface area contributed by atoms with E-state index in [0.717, 1.165) is 17.5 Å². The zero-order valence-electron chi connectivity index (χ0n) is 13.5. The summed E-state index contributed by atoms with van der Waals surface area (Å²) < 4.78 is 0. The number of amides is 1. The van der Waals surface area contributed by atoms with Gasteiger partial charge in [-0.2, -0.15) is 0 Å². The van der Waals surface area contributed by atoms with Gasteiger partial charge in [0, 0.05) is 5.56 Å². The van der Waals surface area contributed by atoms with Gasteiger partial charge >= 0.3 is 0 Å². The number of benzene rings is 2. The fourth-order valence-electron chi connectivity index (χ4n) is 2.96. The molecular weight excluding hydrogens is 286 g/mol. The molecule has 3 rings (SSSR count). The number of ketones is 1. The Morgan fingerprint density at radius 1 is 1.04 bits per heavy atom. The highest BCUT2D eigenvalue weighted by atomic mass is 16.2. The summed E-state index contributed by atoms with van der Waals surface area (Å²) in [5.41, 5.74) is 2.56. The van der Waals surface area contributed by atoms with Crippen molar-refractivity contribution >= 4 is 11.7 Å². The third-order valence-corrected chi connectivity index (χ3v) is 4.57. The third-order valence-electron chi connectivity index (χ3n) is 4.57. The Bertz CT molecular complexity index is 706. The number of carbonyl (C=O) groups is 2. The normalized spacial score (nSPS) is 20.6. The Hall–Kier alpha value is -2.42. The first kappa shape index (κ1) is 15.5. The van der Waals surface area contributed by atoms with Crippen molar-refractivity contribution in [3.63, 3.8) is 0 Å². The number of rotatable bonds is 5. The zero-order chi connectivity index (χ0) is 16.4. The summed E-state index contributed by atoms with van der Waals surface area (Å²) in [4.78, 5) is 24.7. The van der Waals surface area contributed by atoms with Gasteiger partial charge in [0.05, 0.1) is 6.04 Å². The van der Waals surface area contributed by atoms with Crippen LogP contribution in [-0.4, -0.2) is 11.7 Å². The van der Waals surface area contributed by atoms with E-state index in [1.54, 1.807) is 12.1 Å². The van der Waals surface area contributed by atoms with Crippen LogP contribution in [0.15, 0.2) is 54.6 Å². The van der Waals surface area contributed by atoms with Gasteiger partial charge in [-0.25, -0.2) is 0 Å². The van der Waals surface area contributed by atoms with Crippen molar-refractivity contribution < 1.29 is 9.59 Å². The first-order chi connectivity index (χ1) is 11.1. The van der Waals surface area contributed by atoms with E-state index < -0.39 is 11.7 Å². The molecule has 23 heavy (non-hydrogen) atoms. The maximum atomic E-state index is 12.4. The lowest BCUT2D eigenvalue weighted by Crippen LogP contribution is -2.35. The molecule has 2 aromatic rings. The quantitative estimate of drug-likeness (QED) is 0.676. The van der Waals surface area contributed by atoms with Gasteiger partial charge in [-0.05, 0) is 30.7 Å². The Labute approximate surface area is 136 Å². The van der Waals surface area contributed by atoms with Gasteiger partial charge in [-0.3, -0.25) is 9.59 Å². The SMILES string of the molecule is Cc1ccc(C(=O)C(=O)NC(c2ccccc2)C2CC2C)cc1. The van der Waals surface area contributed by atoms with Crippen LogP contribution in [0, 0.1) is 18.8 Å². The van der Waals surface area contributed by atoms with Gasteiger partial charge in [0.15, 0.2) is 0 Å². The van der Waals surface area contributed by atoms with E-state index in [2.05, 4.69) is 12.2 Å². The molecule has 0 radical (unpaired) electrons. The van der Waals surface area contributed by atoms with Crippen LogP contribution in [0.25, 0.3) is 0 Å². The molecule has 2 aromatic carbocycles. The molecular formula is C20H21NO2. The molecule has 1 aliphatic rings. The summed E-state index contributed by atoms with van der Waals surface area (Å²) in [7, 11) is 0.